The molecule has 0 aromatic carbocycles. The lowest BCUT2D eigenvalue weighted by atomic mass is 10.1. The summed E-state index contributed by atoms with van der Waals surface area (Å²) in [5.74, 6) is -0.0306. The van der Waals surface area contributed by atoms with E-state index in [1.54, 1.807) is 0 Å². The van der Waals surface area contributed by atoms with E-state index in [4.69, 9.17) is 4.74 Å². The van der Waals surface area contributed by atoms with Gasteiger partial charge >= 0.3 is 5.97 Å². The highest BCUT2D eigenvalue weighted by Crippen LogP contribution is 2.18. The van der Waals surface area contributed by atoms with Crippen molar-refractivity contribution in [3.8, 4) is 0 Å². The Bertz CT molecular complexity index is 154. The molecule has 0 aromatic rings. The fourth-order valence-corrected chi connectivity index (χ4v) is 1.44. The maximum Gasteiger partial charge on any atom is 0.307 e. The second-order valence-electron chi connectivity index (χ2n) is 2.93. The number of hydrogen-bond acceptors (Lipinski definition) is 3. The van der Waals surface area contributed by atoms with Crippen LogP contribution < -0.4 is 0 Å². The van der Waals surface area contributed by atoms with Gasteiger partial charge in [-0.2, -0.15) is 0 Å². The summed E-state index contributed by atoms with van der Waals surface area (Å²) in [6.45, 7) is 2.93. The molecule has 3 heteroatoms. The van der Waals surface area contributed by atoms with Gasteiger partial charge < -0.3 is 4.74 Å². The van der Waals surface area contributed by atoms with Gasteiger partial charge in [0.05, 0.1) is 12.5 Å². The molecule has 1 unspecified atom stereocenters. The van der Waals surface area contributed by atoms with Crippen molar-refractivity contribution in [2.24, 2.45) is 0 Å². The number of esters is 1. The van der Waals surface area contributed by atoms with Crippen molar-refractivity contribution < 1.29 is 9.53 Å². The van der Waals surface area contributed by atoms with Crippen molar-refractivity contribution in [2.75, 3.05) is 19.7 Å². The van der Waals surface area contributed by atoms with Crippen LogP contribution in [0.25, 0.3) is 0 Å². The fraction of sp³-hybridized carbons (Fsp3) is 0.857. The van der Waals surface area contributed by atoms with Gasteiger partial charge in [0.1, 0.15) is 6.61 Å². The van der Waals surface area contributed by atoms with E-state index in [1.165, 1.54) is 6.42 Å². The molecule has 2 aliphatic rings. The zero-order valence-electron chi connectivity index (χ0n) is 5.88. The third-order valence-electron chi connectivity index (χ3n) is 2.25. The highest BCUT2D eigenvalue weighted by atomic mass is 16.5. The second-order valence-corrected chi connectivity index (χ2v) is 2.93. The SMILES string of the molecule is O=C1CC(N2CCC2)CO1. The zero-order chi connectivity index (χ0) is 6.97. The Labute approximate surface area is 60.0 Å². The average molecular weight is 141 g/mol. The molecule has 0 saturated carbocycles. The molecule has 0 bridgehead atoms. The first kappa shape index (κ1) is 6.16. The molecule has 0 radical (unpaired) electrons. The maximum atomic E-state index is 10.6. The van der Waals surface area contributed by atoms with Crippen LogP contribution in [0.5, 0.6) is 0 Å². The molecule has 0 spiro atoms. The van der Waals surface area contributed by atoms with Crippen molar-refractivity contribution >= 4 is 5.97 Å². The maximum absolute atomic E-state index is 10.6. The Morgan fingerprint density at radius 3 is 2.70 bits per heavy atom. The van der Waals surface area contributed by atoms with Crippen molar-refractivity contribution in [1.29, 1.82) is 0 Å². The molecule has 1 atom stereocenters. The number of cyclic esters (lactones) is 1. The van der Waals surface area contributed by atoms with E-state index in [0.29, 0.717) is 19.1 Å². The lowest BCUT2D eigenvalue weighted by Crippen LogP contribution is -2.45. The predicted molar refractivity (Wildman–Crippen MR) is 35.6 cm³/mol. The van der Waals surface area contributed by atoms with Crippen LogP contribution in [0.15, 0.2) is 0 Å². The van der Waals surface area contributed by atoms with Gasteiger partial charge in [-0.05, 0) is 19.5 Å². The summed E-state index contributed by atoms with van der Waals surface area (Å²) in [4.78, 5) is 13.0. The number of rotatable bonds is 1. The van der Waals surface area contributed by atoms with Gasteiger partial charge in [0, 0.05) is 0 Å². The first-order chi connectivity index (χ1) is 4.86. The lowest BCUT2D eigenvalue weighted by Gasteiger charge is -2.34. The summed E-state index contributed by atoms with van der Waals surface area (Å²) in [5.41, 5.74) is 0. The molecule has 0 amide bonds. The van der Waals surface area contributed by atoms with Crippen molar-refractivity contribution in [3.05, 3.63) is 0 Å². The normalized spacial score (nSPS) is 33.6. The van der Waals surface area contributed by atoms with Crippen LogP contribution in [0.2, 0.25) is 0 Å². The molecule has 0 aromatic heterocycles. The van der Waals surface area contributed by atoms with Gasteiger partial charge in [-0.1, -0.05) is 0 Å². The van der Waals surface area contributed by atoms with E-state index >= 15 is 0 Å². The second kappa shape index (κ2) is 2.23. The minimum absolute atomic E-state index is 0.0306. The van der Waals surface area contributed by atoms with Gasteiger partial charge in [-0.25, -0.2) is 0 Å². The Kier molecular flexibility index (Phi) is 1.38. The van der Waals surface area contributed by atoms with Gasteiger partial charge in [-0.3, -0.25) is 9.69 Å². The summed E-state index contributed by atoms with van der Waals surface area (Å²) in [6.07, 6.45) is 1.89. The molecule has 0 N–H and O–H groups in total. The minimum Gasteiger partial charge on any atom is -0.464 e. The van der Waals surface area contributed by atoms with Gasteiger partial charge in [0.25, 0.3) is 0 Å². The molecular formula is C7H11NO2. The highest BCUT2D eigenvalue weighted by molar-refractivity contribution is 5.72. The highest BCUT2D eigenvalue weighted by Gasteiger charge is 2.31. The topological polar surface area (TPSA) is 29.5 Å². The van der Waals surface area contributed by atoms with Crippen LogP contribution in [-0.2, 0) is 9.53 Å². The first-order valence-corrected chi connectivity index (χ1v) is 3.76. The summed E-state index contributed by atoms with van der Waals surface area (Å²) in [5, 5.41) is 0. The van der Waals surface area contributed by atoms with Gasteiger partial charge in [-0.15, -0.1) is 0 Å². The summed E-state index contributed by atoms with van der Waals surface area (Å²) >= 11 is 0. The molecule has 0 aliphatic carbocycles. The predicted octanol–water partition coefficient (Wildman–Crippen LogP) is 0.00760. The molecule has 10 heavy (non-hydrogen) atoms. The van der Waals surface area contributed by atoms with Crippen LogP contribution >= 0.6 is 0 Å². The Morgan fingerprint density at radius 2 is 2.30 bits per heavy atom. The van der Waals surface area contributed by atoms with Crippen LogP contribution in [0, 0.1) is 0 Å². The van der Waals surface area contributed by atoms with E-state index < -0.39 is 0 Å². The van der Waals surface area contributed by atoms with E-state index in [-0.39, 0.29) is 5.97 Å². The largest absolute Gasteiger partial charge is 0.464 e. The smallest absolute Gasteiger partial charge is 0.307 e. The fourth-order valence-electron chi connectivity index (χ4n) is 1.44. The first-order valence-electron chi connectivity index (χ1n) is 3.76. The quantitative estimate of drug-likeness (QED) is 0.482. The van der Waals surface area contributed by atoms with E-state index in [0.717, 1.165) is 13.1 Å². The van der Waals surface area contributed by atoms with Crippen molar-refractivity contribution in [1.82, 2.24) is 4.90 Å². The number of carbonyl (C=O) groups excluding carboxylic acids is 1. The van der Waals surface area contributed by atoms with E-state index in [1.807, 2.05) is 0 Å². The molecule has 2 heterocycles. The molecular weight excluding hydrogens is 130 g/mol. The summed E-state index contributed by atoms with van der Waals surface area (Å²) < 4.78 is 4.84. The standard InChI is InChI=1S/C7H11NO2/c9-7-4-6(5-10-7)8-2-1-3-8/h6H,1-5H2. The average Bonchev–Trinajstić information content (AvgIpc) is 2.10. The summed E-state index contributed by atoms with van der Waals surface area (Å²) in [6, 6.07) is 0.404. The molecule has 2 rings (SSSR count). The van der Waals surface area contributed by atoms with Crippen LogP contribution in [0.3, 0.4) is 0 Å². The van der Waals surface area contributed by atoms with Gasteiger partial charge in [0.15, 0.2) is 0 Å². The van der Waals surface area contributed by atoms with Crippen LogP contribution in [-0.4, -0.2) is 36.6 Å². The molecule has 3 nitrogen and oxygen atoms in total. The Balaban J connectivity index is 1.88. The van der Waals surface area contributed by atoms with Crippen molar-refractivity contribution in [2.45, 2.75) is 18.9 Å². The number of hydrogen-bond donors (Lipinski definition) is 0. The van der Waals surface area contributed by atoms with Gasteiger partial charge in [0.2, 0.25) is 0 Å². The minimum atomic E-state index is -0.0306. The third kappa shape index (κ3) is 0.904. The molecule has 2 aliphatic heterocycles. The van der Waals surface area contributed by atoms with E-state index in [9.17, 15) is 4.79 Å². The lowest BCUT2D eigenvalue weighted by molar-refractivity contribution is -0.137. The molecule has 2 saturated heterocycles. The molecule has 2 fully saturated rings. The van der Waals surface area contributed by atoms with Crippen LogP contribution in [0.1, 0.15) is 12.8 Å². The van der Waals surface area contributed by atoms with E-state index in [2.05, 4.69) is 4.90 Å². The third-order valence-corrected chi connectivity index (χ3v) is 2.25. The Morgan fingerprint density at radius 1 is 1.50 bits per heavy atom. The molecule has 56 valence electrons. The van der Waals surface area contributed by atoms with Crippen molar-refractivity contribution in [3.63, 3.8) is 0 Å². The number of nitrogens with zero attached hydrogens (tertiary/aromatic N) is 1. The number of likely N-dealkylation sites (tertiary alicyclic amines) is 1. The Hall–Kier alpha value is -0.570. The monoisotopic (exact) mass is 141 g/mol. The summed E-state index contributed by atoms with van der Waals surface area (Å²) in [7, 11) is 0. The van der Waals surface area contributed by atoms with Crippen LogP contribution in [0.4, 0.5) is 0 Å². The number of carbonyl (C=O) groups is 1. The number of ether oxygens (including phenoxy) is 1. The zero-order valence-corrected chi connectivity index (χ0v) is 5.88.